The lowest BCUT2D eigenvalue weighted by atomic mass is 10.1. The van der Waals surface area contributed by atoms with Crippen molar-refractivity contribution in [3.05, 3.63) is 53.9 Å². The first-order valence-corrected chi connectivity index (χ1v) is 8.41. The molecule has 2 aromatic rings. The van der Waals surface area contributed by atoms with Gasteiger partial charge in [-0.25, -0.2) is 0 Å². The van der Waals surface area contributed by atoms with Gasteiger partial charge >= 0.3 is 0 Å². The topological polar surface area (TPSA) is 62.7 Å². The highest BCUT2D eigenvalue weighted by Crippen LogP contribution is 2.38. The van der Waals surface area contributed by atoms with E-state index in [-0.39, 0.29) is 17.0 Å². The van der Waals surface area contributed by atoms with Crippen molar-refractivity contribution in [3.63, 3.8) is 0 Å². The average molecular weight is 330 g/mol. The first kappa shape index (κ1) is 15.7. The standard InChI is InChI=1S/C17H18N2O3S/c1-22-15-9-12(4-5-14(15)20)6-8-19-16(21)11-23-17(19)13-3-2-7-18-10-13/h2-5,7,9-10,17,20H,6,8,11H2,1H3. The van der Waals surface area contributed by atoms with Gasteiger partial charge in [0.05, 0.1) is 12.9 Å². The fourth-order valence-corrected chi connectivity index (χ4v) is 3.82. The predicted molar refractivity (Wildman–Crippen MR) is 89.5 cm³/mol. The minimum absolute atomic E-state index is 0.0233. The summed E-state index contributed by atoms with van der Waals surface area (Å²) < 4.78 is 5.13. The molecule has 1 aromatic carbocycles. The van der Waals surface area contributed by atoms with E-state index in [4.69, 9.17) is 4.74 Å². The normalized spacial score (nSPS) is 17.5. The third-order valence-corrected chi connectivity index (χ3v) is 5.08. The van der Waals surface area contributed by atoms with Crippen LogP contribution in [0.15, 0.2) is 42.7 Å². The van der Waals surface area contributed by atoms with Crippen LogP contribution in [0.2, 0.25) is 0 Å². The van der Waals surface area contributed by atoms with E-state index in [1.165, 1.54) is 7.11 Å². The highest BCUT2D eigenvalue weighted by atomic mass is 32.2. The second-order valence-corrected chi connectivity index (χ2v) is 6.36. The fourth-order valence-electron chi connectivity index (χ4n) is 2.62. The Kier molecular flexibility index (Phi) is 4.71. The lowest BCUT2D eigenvalue weighted by Crippen LogP contribution is -2.30. The molecule has 1 unspecified atom stereocenters. The van der Waals surface area contributed by atoms with Crippen molar-refractivity contribution in [1.82, 2.24) is 9.88 Å². The number of pyridine rings is 1. The molecule has 5 nitrogen and oxygen atoms in total. The Bertz CT molecular complexity index is 693. The van der Waals surface area contributed by atoms with Gasteiger partial charge in [-0.05, 0) is 30.2 Å². The van der Waals surface area contributed by atoms with Crippen molar-refractivity contribution in [2.45, 2.75) is 11.8 Å². The number of aromatic hydroxyl groups is 1. The first-order valence-electron chi connectivity index (χ1n) is 7.36. The molecular weight excluding hydrogens is 312 g/mol. The molecular formula is C17H18N2O3S. The summed E-state index contributed by atoms with van der Waals surface area (Å²) in [4.78, 5) is 18.2. The molecule has 0 saturated carbocycles. The highest BCUT2D eigenvalue weighted by Gasteiger charge is 2.32. The lowest BCUT2D eigenvalue weighted by Gasteiger charge is -2.24. The number of carbonyl (C=O) groups excluding carboxylic acids is 1. The van der Waals surface area contributed by atoms with Crippen LogP contribution in [0.1, 0.15) is 16.5 Å². The van der Waals surface area contributed by atoms with E-state index in [0.717, 1.165) is 11.1 Å². The maximum absolute atomic E-state index is 12.2. The number of hydrogen-bond donors (Lipinski definition) is 1. The van der Waals surface area contributed by atoms with Gasteiger partial charge in [-0.3, -0.25) is 9.78 Å². The van der Waals surface area contributed by atoms with Gasteiger partial charge in [0.1, 0.15) is 5.37 Å². The zero-order chi connectivity index (χ0) is 16.2. The SMILES string of the molecule is COc1cc(CCN2C(=O)CSC2c2cccnc2)ccc1O. The van der Waals surface area contributed by atoms with Gasteiger partial charge < -0.3 is 14.7 Å². The molecule has 1 atom stereocenters. The second kappa shape index (κ2) is 6.91. The Morgan fingerprint density at radius 1 is 1.43 bits per heavy atom. The number of thioether (sulfide) groups is 1. The van der Waals surface area contributed by atoms with Crippen LogP contribution < -0.4 is 4.74 Å². The van der Waals surface area contributed by atoms with Crippen molar-refractivity contribution in [3.8, 4) is 11.5 Å². The van der Waals surface area contributed by atoms with Gasteiger partial charge in [0.15, 0.2) is 11.5 Å². The number of benzene rings is 1. The fraction of sp³-hybridized carbons (Fsp3) is 0.294. The number of hydrogen-bond acceptors (Lipinski definition) is 5. The summed E-state index contributed by atoms with van der Waals surface area (Å²) in [6, 6.07) is 9.17. The molecule has 1 saturated heterocycles. The molecule has 2 heterocycles. The van der Waals surface area contributed by atoms with Crippen molar-refractivity contribution in [1.29, 1.82) is 0 Å². The van der Waals surface area contributed by atoms with Crippen LogP contribution >= 0.6 is 11.8 Å². The summed E-state index contributed by atoms with van der Waals surface area (Å²) in [5, 5.41) is 9.67. The van der Waals surface area contributed by atoms with Gasteiger partial charge in [0.2, 0.25) is 5.91 Å². The lowest BCUT2D eigenvalue weighted by molar-refractivity contribution is -0.128. The third kappa shape index (κ3) is 3.42. The molecule has 120 valence electrons. The largest absolute Gasteiger partial charge is 0.504 e. The maximum atomic E-state index is 12.2. The van der Waals surface area contributed by atoms with E-state index >= 15 is 0 Å². The van der Waals surface area contributed by atoms with Gasteiger partial charge in [-0.2, -0.15) is 0 Å². The molecule has 6 heteroatoms. The van der Waals surface area contributed by atoms with E-state index in [9.17, 15) is 9.90 Å². The molecule has 23 heavy (non-hydrogen) atoms. The molecule has 0 aliphatic carbocycles. The number of amides is 1. The predicted octanol–water partition coefficient (Wildman–Crippen LogP) is 2.61. The molecule has 1 aromatic heterocycles. The molecule has 1 fully saturated rings. The summed E-state index contributed by atoms with van der Waals surface area (Å²) in [5.41, 5.74) is 2.07. The summed E-state index contributed by atoms with van der Waals surface area (Å²) in [6.07, 6.45) is 4.25. The van der Waals surface area contributed by atoms with Crippen LogP contribution in [-0.4, -0.2) is 40.3 Å². The zero-order valence-corrected chi connectivity index (χ0v) is 13.6. The number of rotatable bonds is 5. The third-order valence-electron chi connectivity index (χ3n) is 3.82. The molecule has 0 spiro atoms. The van der Waals surface area contributed by atoms with Gasteiger partial charge in [0.25, 0.3) is 0 Å². The minimum atomic E-state index is 0.0233. The number of carbonyl (C=O) groups is 1. The van der Waals surface area contributed by atoms with Gasteiger partial charge in [-0.15, -0.1) is 11.8 Å². The van der Waals surface area contributed by atoms with Crippen molar-refractivity contribution < 1.29 is 14.6 Å². The van der Waals surface area contributed by atoms with Crippen LogP contribution in [-0.2, 0) is 11.2 Å². The summed E-state index contributed by atoms with van der Waals surface area (Å²) in [5.74, 6) is 1.22. The minimum Gasteiger partial charge on any atom is -0.504 e. The van der Waals surface area contributed by atoms with E-state index in [1.54, 1.807) is 24.0 Å². The van der Waals surface area contributed by atoms with E-state index in [1.807, 2.05) is 35.4 Å². The number of ether oxygens (including phenoxy) is 1. The quantitative estimate of drug-likeness (QED) is 0.913. The second-order valence-electron chi connectivity index (χ2n) is 5.29. The number of methoxy groups -OCH3 is 1. The molecule has 1 amide bonds. The average Bonchev–Trinajstić information content (AvgIpc) is 2.95. The molecule has 1 N–H and O–H groups in total. The van der Waals surface area contributed by atoms with Crippen molar-refractivity contribution in [2.24, 2.45) is 0 Å². The Labute approximate surface area is 139 Å². The van der Waals surface area contributed by atoms with Crippen molar-refractivity contribution >= 4 is 17.7 Å². The first-order chi connectivity index (χ1) is 11.2. The van der Waals surface area contributed by atoms with Crippen LogP contribution in [0.25, 0.3) is 0 Å². The van der Waals surface area contributed by atoms with Gasteiger partial charge in [-0.1, -0.05) is 12.1 Å². The maximum Gasteiger partial charge on any atom is 0.233 e. The van der Waals surface area contributed by atoms with Crippen LogP contribution in [0.4, 0.5) is 0 Å². The summed E-state index contributed by atoms with van der Waals surface area (Å²) in [6.45, 7) is 0.624. The smallest absolute Gasteiger partial charge is 0.233 e. The monoisotopic (exact) mass is 330 g/mol. The zero-order valence-electron chi connectivity index (χ0n) is 12.8. The highest BCUT2D eigenvalue weighted by molar-refractivity contribution is 8.00. The van der Waals surface area contributed by atoms with Crippen LogP contribution in [0.3, 0.4) is 0 Å². The Balaban J connectivity index is 1.72. The van der Waals surface area contributed by atoms with E-state index in [0.29, 0.717) is 24.5 Å². The van der Waals surface area contributed by atoms with Gasteiger partial charge in [0, 0.05) is 24.5 Å². The Hall–Kier alpha value is -2.21. The van der Waals surface area contributed by atoms with Crippen LogP contribution in [0, 0.1) is 0 Å². The molecule has 0 bridgehead atoms. The van der Waals surface area contributed by atoms with E-state index in [2.05, 4.69) is 4.98 Å². The molecule has 3 rings (SSSR count). The number of aromatic nitrogens is 1. The number of phenolic OH excluding ortho intramolecular Hbond substituents is 1. The number of nitrogens with zero attached hydrogens (tertiary/aromatic N) is 2. The molecule has 1 aliphatic rings. The van der Waals surface area contributed by atoms with Crippen LogP contribution in [0.5, 0.6) is 11.5 Å². The molecule has 1 aliphatic heterocycles. The molecule has 0 radical (unpaired) electrons. The van der Waals surface area contributed by atoms with Crippen molar-refractivity contribution in [2.75, 3.05) is 19.4 Å². The Morgan fingerprint density at radius 2 is 2.30 bits per heavy atom. The summed E-state index contributed by atoms with van der Waals surface area (Å²) in [7, 11) is 1.53. The summed E-state index contributed by atoms with van der Waals surface area (Å²) >= 11 is 1.63. The van der Waals surface area contributed by atoms with E-state index < -0.39 is 0 Å². The Morgan fingerprint density at radius 3 is 3.04 bits per heavy atom. The number of phenols is 1.